The van der Waals surface area contributed by atoms with Crippen LogP contribution in [0.5, 0.6) is 5.88 Å². The summed E-state index contributed by atoms with van der Waals surface area (Å²) in [5, 5.41) is 0. The van der Waals surface area contributed by atoms with E-state index < -0.39 is 36.4 Å². The number of pyridine rings is 1. The van der Waals surface area contributed by atoms with Crippen LogP contribution >= 0.6 is 0 Å². The fourth-order valence-corrected chi connectivity index (χ4v) is 3.33. The summed E-state index contributed by atoms with van der Waals surface area (Å²) >= 11 is 0. The molecule has 1 aliphatic rings. The van der Waals surface area contributed by atoms with E-state index in [1.807, 2.05) is 0 Å². The number of carbonyl (C=O) groups is 1. The highest BCUT2D eigenvalue weighted by molar-refractivity contribution is 5.93. The molecule has 1 aromatic carbocycles. The van der Waals surface area contributed by atoms with Crippen molar-refractivity contribution >= 4 is 5.91 Å². The first-order valence-corrected chi connectivity index (χ1v) is 8.74. The molecule has 1 aromatic heterocycles. The highest BCUT2D eigenvalue weighted by Gasteiger charge is 2.32. The van der Waals surface area contributed by atoms with Crippen LogP contribution in [0.1, 0.15) is 22.5 Å². The minimum absolute atomic E-state index is 0.0108. The van der Waals surface area contributed by atoms with Crippen LogP contribution in [-0.4, -0.2) is 48.2 Å². The lowest BCUT2D eigenvalue weighted by atomic mass is 9.93. The Labute approximate surface area is 163 Å². The lowest BCUT2D eigenvalue weighted by Crippen LogP contribution is -2.40. The number of nitrogens with two attached hydrogens (primary N) is 1. The van der Waals surface area contributed by atoms with Crippen molar-refractivity contribution in [1.29, 1.82) is 0 Å². The van der Waals surface area contributed by atoms with E-state index in [1.54, 1.807) is 0 Å². The Morgan fingerprint density at radius 3 is 2.62 bits per heavy atom. The van der Waals surface area contributed by atoms with Gasteiger partial charge in [-0.25, -0.2) is 13.8 Å². The highest BCUT2D eigenvalue weighted by Crippen LogP contribution is 2.36. The number of fused-ring (bicyclic) bond motifs is 1. The molecule has 0 unspecified atom stereocenters. The second-order valence-electron chi connectivity index (χ2n) is 6.92. The molecule has 0 spiro atoms. The number of primary amides is 1. The highest BCUT2D eigenvalue weighted by atomic mass is 19.4. The average Bonchev–Trinajstić information content (AvgIpc) is 2.59. The molecule has 3 rings (SSSR count). The van der Waals surface area contributed by atoms with Crippen LogP contribution in [0, 0.1) is 11.6 Å². The van der Waals surface area contributed by atoms with Crippen LogP contribution in [0.15, 0.2) is 24.3 Å². The first-order chi connectivity index (χ1) is 13.5. The van der Waals surface area contributed by atoms with Crippen molar-refractivity contribution in [2.24, 2.45) is 5.73 Å². The number of hydrogen-bond acceptors (Lipinski definition) is 4. The van der Waals surface area contributed by atoms with Crippen molar-refractivity contribution in [1.82, 2.24) is 9.88 Å². The summed E-state index contributed by atoms with van der Waals surface area (Å²) in [4.78, 5) is 16.8. The number of ether oxygens (including phenoxy) is 1. The molecule has 156 valence electrons. The van der Waals surface area contributed by atoms with Gasteiger partial charge in [0.15, 0.2) is 0 Å². The molecule has 29 heavy (non-hydrogen) atoms. The van der Waals surface area contributed by atoms with E-state index in [0.717, 1.165) is 11.0 Å². The zero-order valence-electron chi connectivity index (χ0n) is 15.4. The van der Waals surface area contributed by atoms with Crippen LogP contribution < -0.4 is 10.5 Å². The average molecular weight is 415 g/mol. The molecule has 0 aliphatic carbocycles. The summed E-state index contributed by atoms with van der Waals surface area (Å²) in [7, 11) is 1.32. The van der Waals surface area contributed by atoms with Gasteiger partial charge in [-0.15, -0.1) is 0 Å². The maximum absolute atomic E-state index is 14.3. The maximum Gasteiger partial charge on any atom is 0.401 e. The Balaban J connectivity index is 1.93. The third kappa shape index (κ3) is 5.00. The van der Waals surface area contributed by atoms with Gasteiger partial charge in [-0.2, -0.15) is 13.2 Å². The monoisotopic (exact) mass is 415 g/mol. The van der Waals surface area contributed by atoms with Crippen LogP contribution in [0.4, 0.5) is 22.0 Å². The van der Waals surface area contributed by atoms with Gasteiger partial charge < -0.3 is 10.5 Å². The Bertz CT molecular complexity index is 933. The Kier molecular flexibility index (Phi) is 5.74. The summed E-state index contributed by atoms with van der Waals surface area (Å²) < 4.78 is 70.9. The zero-order valence-corrected chi connectivity index (χ0v) is 15.4. The van der Waals surface area contributed by atoms with E-state index in [2.05, 4.69) is 4.98 Å². The first kappa shape index (κ1) is 21.0. The normalized spacial score (nSPS) is 16.4. The van der Waals surface area contributed by atoms with Gasteiger partial charge in [-0.1, -0.05) is 0 Å². The van der Waals surface area contributed by atoms with Gasteiger partial charge in [0.05, 0.1) is 6.54 Å². The van der Waals surface area contributed by atoms with E-state index in [-0.39, 0.29) is 29.2 Å². The predicted octanol–water partition coefficient (Wildman–Crippen LogP) is 3.31. The van der Waals surface area contributed by atoms with Crippen molar-refractivity contribution in [2.45, 2.75) is 25.1 Å². The number of likely N-dealkylation sites (N-methyl/N-ethyl adjacent to an activating group) is 1. The summed E-state index contributed by atoms with van der Waals surface area (Å²) in [5.74, 6) is -2.46. The van der Waals surface area contributed by atoms with E-state index in [0.29, 0.717) is 24.5 Å². The number of rotatable bonds is 5. The smallest absolute Gasteiger partial charge is 0.401 e. The minimum Gasteiger partial charge on any atom is -0.473 e. The second kappa shape index (κ2) is 7.94. The summed E-state index contributed by atoms with van der Waals surface area (Å²) in [6.45, 7) is -1.11. The van der Waals surface area contributed by atoms with Crippen LogP contribution in [0.3, 0.4) is 0 Å². The number of aromatic nitrogens is 1. The zero-order chi connectivity index (χ0) is 21.3. The van der Waals surface area contributed by atoms with Crippen LogP contribution in [0.25, 0.3) is 11.1 Å². The van der Waals surface area contributed by atoms with Gasteiger partial charge >= 0.3 is 6.18 Å². The van der Waals surface area contributed by atoms with Crippen molar-refractivity contribution < 1.29 is 31.5 Å². The topological polar surface area (TPSA) is 68.5 Å². The number of hydrogen-bond donors (Lipinski definition) is 1. The van der Waals surface area contributed by atoms with Gasteiger partial charge in [0.2, 0.25) is 5.88 Å². The van der Waals surface area contributed by atoms with Gasteiger partial charge in [0, 0.05) is 23.7 Å². The van der Waals surface area contributed by atoms with Crippen LogP contribution in [-0.2, 0) is 6.42 Å². The predicted molar refractivity (Wildman–Crippen MR) is 94.4 cm³/mol. The standard InChI is InChI=1S/C19H18F5N3O2/c1-27(9-19(22,23)24)8-11-3-5-13-14(12-4-2-10(20)6-15(12)21)7-16(17(25)28)26-18(13)29-11/h2,4,6-7,11H,3,5,8-9H2,1H3,(H2,25,28)/t11-/m0/s1. The van der Waals surface area contributed by atoms with Gasteiger partial charge in [-0.05, 0) is 43.7 Å². The van der Waals surface area contributed by atoms with Crippen LogP contribution in [0.2, 0.25) is 0 Å². The third-order valence-corrected chi connectivity index (χ3v) is 4.52. The van der Waals surface area contributed by atoms with E-state index in [1.165, 1.54) is 19.2 Å². The quantitative estimate of drug-likeness (QED) is 0.761. The Morgan fingerprint density at radius 2 is 2.00 bits per heavy atom. The Hall–Kier alpha value is -2.75. The molecule has 0 fully saturated rings. The first-order valence-electron chi connectivity index (χ1n) is 8.74. The second-order valence-corrected chi connectivity index (χ2v) is 6.92. The van der Waals surface area contributed by atoms with Gasteiger partial charge in [-0.3, -0.25) is 9.69 Å². The van der Waals surface area contributed by atoms with E-state index in [4.69, 9.17) is 10.5 Å². The molecule has 1 atom stereocenters. The van der Waals surface area contributed by atoms with Gasteiger partial charge in [0.1, 0.15) is 23.4 Å². The molecule has 0 saturated carbocycles. The fraction of sp³-hybridized carbons (Fsp3) is 0.368. The largest absolute Gasteiger partial charge is 0.473 e. The molecule has 5 nitrogen and oxygen atoms in total. The molecule has 0 radical (unpaired) electrons. The molecule has 2 aromatic rings. The molecule has 1 amide bonds. The lowest BCUT2D eigenvalue weighted by Gasteiger charge is -2.30. The number of alkyl halides is 3. The molecular weight excluding hydrogens is 397 g/mol. The number of halogens is 5. The summed E-state index contributed by atoms with van der Waals surface area (Å²) in [6.07, 6.45) is -4.25. The van der Waals surface area contributed by atoms with Crippen molar-refractivity contribution in [3.05, 3.63) is 47.2 Å². The van der Waals surface area contributed by atoms with Crippen molar-refractivity contribution in [3.63, 3.8) is 0 Å². The lowest BCUT2D eigenvalue weighted by molar-refractivity contribution is -0.145. The molecule has 2 N–H and O–H groups in total. The molecule has 1 aliphatic heterocycles. The number of carbonyl (C=O) groups excluding carboxylic acids is 1. The molecule has 10 heteroatoms. The summed E-state index contributed by atoms with van der Waals surface area (Å²) in [5.41, 5.74) is 5.92. The third-order valence-electron chi connectivity index (χ3n) is 4.52. The summed E-state index contributed by atoms with van der Waals surface area (Å²) in [6, 6.07) is 4.32. The Morgan fingerprint density at radius 1 is 1.28 bits per heavy atom. The van der Waals surface area contributed by atoms with Crippen molar-refractivity contribution in [2.75, 3.05) is 20.1 Å². The number of amides is 1. The molecule has 0 bridgehead atoms. The molecular formula is C19H18F5N3O2. The van der Waals surface area contributed by atoms with Crippen molar-refractivity contribution in [3.8, 4) is 17.0 Å². The SMILES string of the molecule is CN(C[C@@H]1CCc2c(-c3ccc(F)cc3F)cc(C(N)=O)nc2O1)CC(F)(F)F. The van der Waals surface area contributed by atoms with E-state index in [9.17, 15) is 26.7 Å². The fourth-order valence-electron chi connectivity index (χ4n) is 3.33. The maximum atomic E-state index is 14.3. The number of benzene rings is 1. The van der Waals surface area contributed by atoms with Gasteiger partial charge in [0.25, 0.3) is 5.91 Å². The van der Waals surface area contributed by atoms with E-state index >= 15 is 0 Å². The minimum atomic E-state index is -4.34. The number of nitrogens with zero attached hydrogens (tertiary/aromatic N) is 2. The molecule has 0 saturated heterocycles. The molecule has 2 heterocycles.